The number of hydrogen-bond donors (Lipinski definition) is 0. The van der Waals surface area contributed by atoms with E-state index < -0.39 is 5.41 Å². The van der Waals surface area contributed by atoms with E-state index in [9.17, 15) is 9.59 Å². The Bertz CT molecular complexity index is 680. The second-order valence-electron chi connectivity index (χ2n) is 9.57. The van der Waals surface area contributed by atoms with Crippen molar-refractivity contribution in [3.63, 3.8) is 0 Å². The van der Waals surface area contributed by atoms with Crippen LogP contribution in [0.2, 0.25) is 0 Å². The molecule has 4 nitrogen and oxygen atoms in total. The molecule has 0 saturated heterocycles. The standard InChI is InChI=1S/C23H34O4/c1-7-21(3)14-16-9-10-18-22(4,17(16)13-19(21)27-15(2)24)11-8-12-23(18,5)20(25)26-6/h7,13,16,18-19H,1,8-12,14H2,2-6H3/t16-,18-,19+,21+,22-,23+/m0/s1. The Hall–Kier alpha value is -1.58. The fourth-order valence-electron chi connectivity index (χ4n) is 6.41. The van der Waals surface area contributed by atoms with Crippen molar-refractivity contribution in [3.8, 4) is 0 Å². The molecule has 150 valence electrons. The van der Waals surface area contributed by atoms with Crippen LogP contribution >= 0.6 is 0 Å². The summed E-state index contributed by atoms with van der Waals surface area (Å²) >= 11 is 0. The minimum atomic E-state index is -0.441. The molecule has 0 aromatic rings. The average molecular weight is 375 g/mol. The van der Waals surface area contributed by atoms with Crippen LogP contribution in [0.25, 0.3) is 0 Å². The normalized spacial score (nSPS) is 43.6. The molecule has 0 aliphatic heterocycles. The van der Waals surface area contributed by atoms with Crippen molar-refractivity contribution in [1.29, 1.82) is 0 Å². The summed E-state index contributed by atoms with van der Waals surface area (Å²) in [6.07, 6.45) is 9.87. The van der Waals surface area contributed by atoms with Crippen molar-refractivity contribution >= 4 is 11.9 Å². The molecule has 0 unspecified atom stereocenters. The van der Waals surface area contributed by atoms with Crippen LogP contribution in [0, 0.1) is 28.1 Å². The summed E-state index contributed by atoms with van der Waals surface area (Å²) in [6, 6.07) is 0. The van der Waals surface area contributed by atoms with Crippen molar-refractivity contribution in [3.05, 3.63) is 24.3 Å². The maximum absolute atomic E-state index is 12.7. The Morgan fingerprint density at radius 1 is 1.22 bits per heavy atom. The van der Waals surface area contributed by atoms with Crippen LogP contribution in [0.1, 0.15) is 66.2 Å². The molecule has 27 heavy (non-hydrogen) atoms. The van der Waals surface area contributed by atoms with Gasteiger partial charge >= 0.3 is 11.9 Å². The summed E-state index contributed by atoms with van der Waals surface area (Å²) in [5, 5.41) is 0. The first kappa shape index (κ1) is 20.2. The van der Waals surface area contributed by atoms with Crippen LogP contribution in [-0.4, -0.2) is 25.2 Å². The van der Waals surface area contributed by atoms with Gasteiger partial charge in [0.2, 0.25) is 0 Å². The molecule has 0 aromatic carbocycles. The summed E-state index contributed by atoms with van der Waals surface area (Å²) in [6.45, 7) is 12.0. The third-order valence-electron chi connectivity index (χ3n) is 7.91. The van der Waals surface area contributed by atoms with Crippen LogP contribution < -0.4 is 0 Å². The minimum absolute atomic E-state index is 0.0506. The van der Waals surface area contributed by atoms with Gasteiger partial charge in [-0.05, 0) is 62.4 Å². The minimum Gasteiger partial charge on any atom is -0.469 e. The zero-order valence-corrected chi connectivity index (χ0v) is 17.5. The first-order valence-corrected chi connectivity index (χ1v) is 10.2. The van der Waals surface area contributed by atoms with Crippen molar-refractivity contribution in [1.82, 2.24) is 0 Å². The van der Waals surface area contributed by atoms with E-state index in [-0.39, 0.29) is 34.8 Å². The molecular weight excluding hydrogens is 340 g/mol. The van der Waals surface area contributed by atoms with Crippen molar-refractivity contribution in [2.75, 3.05) is 7.11 Å². The van der Waals surface area contributed by atoms with E-state index in [1.165, 1.54) is 19.6 Å². The van der Waals surface area contributed by atoms with Crippen LogP contribution in [0.15, 0.2) is 24.3 Å². The van der Waals surface area contributed by atoms with E-state index in [1.54, 1.807) is 0 Å². The number of carbonyl (C=O) groups excluding carboxylic acids is 2. The quantitative estimate of drug-likeness (QED) is 0.524. The summed E-state index contributed by atoms with van der Waals surface area (Å²) in [5.74, 6) is 0.380. The van der Waals surface area contributed by atoms with Crippen LogP contribution in [0.5, 0.6) is 0 Å². The monoisotopic (exact) mass is 374 g/mol. The zero-order chi connectivity index (χ0) is 20.0. The Balaban J connectivity index is 2.05. The molecule has 2 fully saturated rings. The maximum atomic E-state index is 12.7. The lowest BCUT2D eigenvalue weighted by atomic mass is 9.46. The highest BCUT2D eigenvalue weighted by atomic mass is 16.5. The fraction of sp³-hybridized carbons (Fsp3) is 0.739. The van der Waals surface area contributed by atoms with Gasteiger partial charge in [0.1, 0.15) is 6.10 Å². The first-order valence-electron chi connectivity index (χ1n) is 10.2. The van der Waals surface area contributed by atoms with E-state index in [0.717, 1.165) is 38.5 Å². The Labute approximate surface area is 163 Å². The van der Waals surface area contributed by atoms with E-state index in [4.69, 9.17) is 9.47 Å². The van der Waals surface area contributed by atoms with Gasteiger partial charge in [0.25, 0.3) is 0 Å². The lowest BCUT2D eigenvalue weighted by Gasteiger charge is -2.58. The summed E-state index contributed by atoms with van der Waals surface area (Å²) in [7, 11) is 1.50. The number of methoxy groups -OCH3 is 1. The molecule has 3 aliphatic carbocycles. The predicted molar refractivity (Wildman–Crippen MR) is 105 cm³/mol. The first-order chi connectivity index (χ1) is 12.6. The maximum Gasteiger partial charge on any atom is 0.311 e. The molecule has 0 radical (unpaired) electrons. The van der Waals surface area contributed by atoms with Crippen molar-refractivity contribution in [2.24, 2.45) is 28.1 Å². The number of fused-ring (bicyclic) bond motifs is 3. The molecule has 0 spiro atoms. The van der Waals surface area contributed by atoms with Gasteiger partial charge in [-0.3, -0.25) is 9.59 Å². The van der Waals surface area contributed by atoms with Crippen molar-refractivity contribution < 1.29 is 19.1 Å². The molecule has 2 saturated carbocycles. The summed E-state index contributed by atoms with van der Waals surface area (Å²) in [5.41, 5.74) is 0.650. The zero-order valence-electron chi connectivity index (χ0n) is 17.5. The Kier molecular flexibility index (Phi) is 5.07. The van der Waals surface area contributed by atoms with E-state index in [1.807, 2.05) is 6.08 Å². The average Bonchev–Trinajstić information content (AvgIpc) is 2.61. The molecule has 0 N–H and O–H groups in total. The predicted octanol–water partition coefficient (Wildman–Crippen LogP) is 4.84. The van der Waals surface area contributed by atoms with E-state index in [2.05, 4.69) is 33.4 Å². The smallest absolute Gasteiger partial charge is 0.311 e. The van der Waals surface area contributed by atoms with Gasteiger partial charge in [0, 0.05) is 12.3 Å². The molecule has 0 bridgehead atoms. The van der Waals surface area contributed by atoms with Gasteiger partial charge < -0.3 is 9.47 Å². The van der Waals surface area contributed by atoms with Crippen molar-refractivity contribution in [2.45, 2.75) is 72.3 Å². The van der Waals surface area contributed by atoms with E-state index >= 15 is 0 Å². The molecule has 0 heterocycles. The number of allylic oxidation sites excluding steroid dienone is 1. The fourth-order valence-corrected chi connectivity index (χ4v) is 6.41. The van der Waals surface area contributed by atoms with Gasteiger partial charge in [-0.2, -0.15) is 0 Å². The highest BCUT2D eigenvalue weighted by Crippen LogP contribution is 2.64. The summed E-state index contributed by atoms with van der Waals surface area (Å²) < 4.78 is 10.9. The van der Waals surface area contributed by atoms with E-state index in [0.29, 0.717) is 5.92 Å². The number of esters is 2. The van der Waals surface area contributed by atoms with Gasteiger partial charge in [-0.1, -0.05) is 31.9 Å². The largest absolute Gasteiger partial charge is 0.469 e. The lowest BCUT2D eigenvalue weighted by molar-refractivity contribution is -0.164. The molecule has 0 amide bonds. The number of ether oxygens (including phenoxy) is 2. The van der Waals surface area contributed by atoms with Crippen LogP contribution in [0.4, 0.5) is 0 Å². The number of rotatable bonds is 3. The van der Waals surface area contributed by atoms with Crippen LogP contribution in [0.3, 0.4) is 0 Å². The second-order valence-corrected chi connectivity index (χ2v) is 9.57. The van der Waals surface area contributed by atoms with Gasteiger partial charge in [0.05, 0.1) is 12.5 Å². The van der Waals surface area contributed by atoms with Gasteiger partial charge in [0.15, 0.2) is 0 Å². The highest BCUT2D eigenvalue weighted by molar-refractivity contribution is 5.77. The molecule has 0 aromatic heterocycles. The number of carbonyl (C=O) groups is 2. The Morgan fingerprint density at radius 3 is 2.52 bits per heavy atom. The third kappa shape index (κ3) is 3.05. The molecule has 6 atom stereocenters. The number of hydrogen-bond acceptors (Lipinski definition) is 4. The summed E-state index contributed by atoms with van der Waals surface area (Å²) in [4.78, 5) is 24.4. The van der Waals surface area contributed by atoms with Crippen LogP contribution in [-0.2, 0) is 19.1 Å². The topological polar surface area (TPSA) is 52.6 Å². The third-order valence-corrected chi connectivity index (χ3v) is 7.91. The highest BCUT2D eigenvalue weighted by Gasteiger charge is 2.59. The lowest BCUT2D eigenvalue weighted by Crippen LogP contribution is -2.54. The van der Waals surface area contributed by atoms with Gasteiger partial charge in [-0.15, -0.1) is 6.58 Å². The molecular formula is C23H34O4. The molecule has 3 aliphatic rings. The molecule has 4 heteroatoms. The Morgan fingerprint density at radius 2 is 1.93 bits per heavy atom. The second kappa shape index (κ2) is 6.79. The SMILES string of the molecule is C=C[C@]1(C)C[C@@H]2CC[C@@H]3[C@](C)(C(=O)OC)CCC[C@@]3(C)C2=C[C@H]1OC(C)=O. The molecule has 3 rings (SSSR count). The van der Waals surface area contributed by atoms with Gasteiger partial charge in [-0.25, -0.2) is 0 Å².